The van der Waals surface area contributed by atoms with E-state index in [0.29, 0.717) is 31.4 Å². The summed E-state index contributed by atoms with van der Waals surface area (Å²) in [5, 5.41) is 0. The minimum Gasteiger partial charge on any atom is -0.492 e. The molecule has 0 N–H and O–H groups in total. The van der Waals surface area contributed by atoms with Crippen LogP contribution in [0.3, 0.4) is 0 Å². The summed E-state index contributed by atoms with van der Waals surface area (Å²) in [6, 6.07) is 16.9. The van der Waals surface area contributed by atoms with E-state index in [1.54, 1.807) is 12.1 Å². The first-order valence-corrected chi connectivity index (χ1v) is 10.1. The Hall–Kier alpha value is -2.40. The minimum atomic E-state index is -0.280. The van der Waals surface area contributed by atoms with Crippen molar-refractivity contribution in [3.05, 3.63) is 66.0 Å². The lowest BCUT2D eigenvalue weighted by molar-refractivity contribution is -0.131. The van der Waals surface area contributed by atoms with Crippen molar-refractivity contribution in [3.8, 4) is 5.75 Å². The van der Waals surface area contributed by atoms with Crippen LogP contribution in [0.4, 0.5) is 4.39 Å². The molecule has 1 atom stereocenters. The summed E-state index contributed by atoms with van der Waals surface area (Å²) >= 11 is 0. The Labute approximate surface area is 166 Å². The van der Waals surface area contributed by atoms with Gasteiger partial charge in [-0.3, -0.25) is 9.69 Å². The molecule has 0 aromatic heterocycles. The Morgan fingerprint density at radius 2 is 1.86 bits per heavy atom. The fraction of sp³-hybridized carbons (Fsp3) is 0.435. The summed E-state index contributed by atoms with van der Waals surface area (Å²) in [7, 11) is 0. The van der Waals surface area contributed by atoms with Gasteiger partial charge in [0.15, 0.2) is 0 Å². The maximum Gasteiger partial charge on any atom is 0.222 e. The molecular formula is C23H29FN2O2. The van der Waals surface area contributed by atoms with Crippen LogP contribution >= 0.6 is 0 Å². The van der Waals surface area contributed by atoms with E-state index in [2.05, 4.69) is 36.1 Å². The lowest BCUT2D eigenvalue weighted by Gasteiger charge is -2.30. The molecule has 2 aromatic rings. The molecular weight excluding hydrogens is 355 g/mol. The van der Waals surface area contributed by atoms with Crippen molar-refractivity contribution in [3.63, 3.8) is 0 Å². The van der Waals surface area contributed by atoms with E-state index in [-0.39, 0.29) is 11.7 Å². The molecule has 2 aromatic carbocycles. The Bertz CT molecular complexity index is 736. The van der Waals surface area contributed by atoms with E-state index in [0.717, 1.165) is 32.5 Å². The molecule has 1 aliphatic heterocycles. The van der Waals surface area contributed by atoms with E-state index in [4.69, 9.17) is 4.74 Å². The molecule has 4 nitrogen and oxygen atoms in total. The zero-order valence-corrected chi connectivity index (χ0v) is 16.5. The van der Waals surface area contributed by atoms with Crippen LogP contribution in [0.15, 0.2) is 54.6 Å². The average molecular weight is 384 g/mol. The molecule has 0 bridgehead atoms. The predicted molar refractivity (Wildman–Crippen MR) is 109 cm³/mol. The second kappa shape index (κ2) is 10.2. The predicted octanol–water partition coefficient (Wildman–Crippen LogP) is 4.11. The Morgan fingerprint density at radius 1 is 1.11 bits per heavy atom. The molecule has 3 rings (SSSR count). The first-order valence-electron chi connectivity index (χ1n) is 10.1. The van der Waals surface area contributed by atoms with Crippen molar-refractivity contribution in [2.24, 2.45) is 0 Å². The van der Waals surface area contributed by atoms with Gasteiger partial charge in [0.1, 0.15) is 18.2 Å². The van der Waals surface area contributed by atoms with Crippen LogP contribution in [0.2, 0.25) is 0 Å². The number of hydrogen-bond donors (Lipinski definition) is 0. The largest absolute Gasteiger partial charge is 0.492 e. The lowest BCUT2D eigenvalue weighted by atomic mass is 10.1. The average Bonchev–Trinajstić information content (AvgIpc) is 2.90. The number of halogens is 1. The first kappa shape index (κ1) is 20.3. The number of rotatable bonds is 8. The van der Waals surface area contributed by atoms with Gasteiger partial charge in [-0.25, -0.2) is 4.39 Å². The van der Waals surface area contributed by atoms with E-state index in [1.807, 2.05) is 11.0 Å². The molecule has 5 heteroatoms. The topological polar surface area (TPSA) is 32.8 Å². The standard InChI is InChI=1S/C23H29FN2O2/c1-2-25(18-19-6-4-3-5-7-19)21-10-13-23(27)26(15-14-21)16-17-28-22-11-8-20(24)9-12-22/h3-9,11-12,21H,2,10,13-18H2,1H3. The molecule has 1 heterocycles. The summed E-state index contributed by atoms with van der Waals surface area (Å²) in [6.07, 6.45) is 2.45. The van der Waals surface area contributed by atoms with Gasteiger partial charge in [-0.05, 0) is 49.2 Å². The highest BCUT2D eigenvalue weighted by Crippen LogP contribution is 2.20. The highest BCUT2D eigenvalue weighted by molar-refractivity contribution is 5.76. The third-order valence-electron chi connectivity index (χ3n) is 5.37. The highest BCUT2D eigenvalue weighted by atomic mass is 19.1. The summed E-state index contributed by atoms with van der Waals surface area (Å²) in [6.45, 7) is 5.81. The molecule has 150 valence electrons. The molecule has 28 heavy (non-hydrogen) atoms. The molecule has 1 fully saturated rings. The van der Waals surface area contributed by atoms with Gasteiger partial charge in [0, 0.05) is 25.6 Å². The summed E-state index contributed by atoms with van der Waals surface area (Å²) in [5.41, 5.74) is 1.31. The monoisotopic (exact) mass is 384 g/mol. The van der Waals surface area contributed by atoms with E-state index in [1.165, 1.54) is 17.7 Å². The van der Waals surface area contributed by atoms with Crippen LogP contribution in [-0.4, -0.2) is 48.0 Å². The van der Waals surface area contributed by atoms with Crippen molar-refractivity contribution in [1.29, 1.82) is 0 Å². The number of carbonyl (C=O) groups excluding carboxylic acids is 1. The maximum absolute atomic E-state index is 13.0. The third-order valence-corrected chi connectivity index (χ3v) is 5.37. The van der Waals surface area contributed by atoms with Crippen LogP contribution in [-0.2, 0) is 11.3 Å². The summed E-state index contributed by atoms with van der Waals surface area (Å²) in [5.74, 6) is 0.541. The van der Waals surface area contributed by atoms with Gasteiger partial charge < -0.3 is 9.64 Å². The van der Waals surface area contributed by atoms with Gasteiger partial charge in [-0.2, -0.15) is 0 Å². The van der Waals surface area contributed by atoms with E-state index in [9.17, 15) is 9.18 Å². The van der Waals surface area contributed by atoms with E-state index >= 15 is 0 Å². The smallest absolute Gasteiger partial charge is 0.222 e. The van der Waals surface area contributed by atoms with E-state index < -0.39 is 0 Å². The number of nitrogens with zero attached hydrogens (tertiary/aromatic N) is 2. The fourth-order valence-corrected chi connectivity index (χ4v) is 3.75. The molecule has 1 unspecified atom stereocenters. The Morgan fingerprint density at radius 3 is 2.57 bits per heavy atom. The van der Waals surface area contributed by atoms with Crippen molar-refractivity contribution >= 4 is 5.91 Å². The first-order chi connectivity index (χ1) is 13.7. The van der Waals surface area contributed by atoms with Gasteiger partial charge in [-0.1, -0.05) is 37.3 Å². The number of amides is 1. The van der Waals surface area contributed by atoms with Crippen molar-refractivity contribution in [2.75, 3.05) is 26.2 Å². The highest BCUT2D eigenvalue weighted by Gasteiger charge is 2.25. The molecule has 1 amide bonds. The van der Waals surface area contributed by atoms with Crippen molar-refractivity contribution < 1.29 is 13.9 Å². The minimum absolute atomic E-state index is 0.195. The van der Waals surface area contributed by atoms with Gasteiger partial charge in [0.25, 0.3) is 0 Å². The Balaban J connectivity index is 1.50. The molecule has 1 saturated heterocycles. The van der Waals surface area contributed by atoms with Gasteiger partial charge in [0.05, 0.1) is 6.54 Å². The maximum atomic E-state index is 13.0. The number of likely N-dealkylation sites (tertiary alicyclic amines) is 1. The lowest BCUT2D eigenvalue weighted by Crippen LogP contribution is -2.36. The van der Waals surface area contributed by atoms with Gasteiger partial charge in [-0.15, -0.1) is 0 Å². The molecule has 1 aliphatic rings. The molecule has 0 radical (unpaired) electrons. The fourth-order valence-electron chi connectivity index (χ4n) is 3.75. The van der Waals surface area contributed by atoms with Crippen molar-refractivity contribution in [2.45, 2.75) is 38.8 Å². The molecule has 0 aliphatic carbocycles. The van der Waals surface area contributed by atoms with Crippen LogP contribution in [0.5, 0.6) is 5.75 Å². The normalized spacial score (nSPS) is 17.6. The van der Waals surface area contributed by atoms with Crippen LogP contribution in [0.1, 0.15) is 31.7 Å². The third kappa shape index (κ3) is 5.80. The zero-order chi connectivity index (χ0) is 19.8. The second-order valence-corrected chi connectivity index (χ2v) is 7.21. The second-order valence-electron chi connectivity index (χ2n) is 7.21. The molecule has 0 spiro atoms. The van der Waals surface area contributed by atoms with Gasteiger partial charge >= 0.3 is 0 Å². The number of benzene rings is 2. The van der Waals surface area contributed by atoms with Crippen LogP contribution in [0, 0.1) is 5.82 Å². The number of hydrogen-bond acceptors (Lipinski definition) is 3. The quantitative estimate of drug-likeness (QED) is 0.687. The SMILES string of the molecule is CCN(Cc1ccccc1)C1CCC(=O)N(CCOc2ccc(F)cc2)CC1. The number of carbonyl (C=O) groups is 1. The zero-order valence-electron chi connectivity index (χ0n) is 16.5. The van der Waals surface area contributed by atoms with Gasteiger partial charge in [0.2, 0.25) is 5.91 Å². The van der Waals surface area contributed by atoms with Crippen molar-refractivity contribution in [1.82, 2.24) is 9.80 Å². The van der Waals surface area contributed by atoms with Crippen LogP contribution in [0.25, 0.3) is 0 Å². The summed E-state index contributed by atoms with van der Waals surface area (Å²) in [4.78, 5) is 16.9. The number of ether oxygens (including phenoxy) is 1. The van der Waals surface area contributed by atoms with Crippen LogP contribution < -0.4 is 4.74 Å². The molecule has 0 saturated carbocycles. The summed E-state index contributed by atoms with van der Waals surface area (Å²) < 4.78 is 18.6. The Kier molecular flexibility index (Phi) is 7.43.